The van der Waals surface area contributed by atoms with Gasteiger partial charge in [-0.25, -0.2) is 4.79 Å². The highest BCUT2D eigenvalue weighted by atomic mass is 16.6. The van der Waals surface area contributed by atoms with E-state index in [0.29, 0.717) is 12.0 Å². The van der Waals surface area contributed by atoms with E-state index >= 15 is 0 Å². The third-order valence-electron chi connectivity index (χ3n) is 3.95. The molecule has 0 radical (unpaired) electrons. The Morgan fingerprint density at radius 1 is 1.36 bits per heavy atom. The summed E-state index contributed by atoms with van der Waals surface area (Å²) in [5, 5.41) is 0. The van der Waals surface area contributed by atoms with Crippen LogP contribution in [0.15, 0.2) is 43.0 Å². The van der Waals surface area contributed by atoms with E-state index in [9.17, 15) is 9.59 Å². The van der Waals surface area contributed by atoms with Gasteiger partial charge in [0.15, 0.2) is 6.23 Å². The van der Waals surface area contributed by atoms with Gasteiger partial charge in [-0.15, -0.1) is 6.58 Å². The van der Waals surface area contributed by atoms with Crippen LogP contribution in [0.25, 0.3) is 0 Å². The van der Waals surface area contributed by atoms with E-state index in [-0.39, 0.29) is 17.3 Å². The highest BCUT2D eigenvalue weighted by Crippen LogP contribution is 2.40. The molecule has 2 rings (SSSR count). The molecule has 1 amide bonds. The zero-order valence-electron chi connectivity index (χ0n) is 13.6. The SMILES string of the molecule is C=CC[C@]1(C)C(=O)O[C@@H](C(C)(C)C)N1C(=O)c1ccccc1. The molecule has 1 saturated heterocycles. The fourth-order valence-electron chi connectivity index (χ4n) is 2.72. The summed E-state index contributed by atoms with van der Waals surface area (Å²) in [5.41, 5.74) is -0.851. The molecule has 4 nitrogen and oxygen atoms in total. The minimum atomic E-state index is -1.02. The van der Waals surface area contributed by atoms with Crippen molar-refractivity contribution in [2.45, 2.75) is 45.9 Å². The van der Waals surface area contributed by atoms with Crippen LogP contribution in [0.3, 0.4) is 0 Å². The predicted octanol–water partition coefficient (Wildman–Crippen LogP) is 3.39. The molecule has 2 atom stereocenters. The quantitative estimate of drug-likeness (QED) is 0.635. The molecule has 4 heteroatoms. The molecule has 0 saturated carbocycles. The van der Waals surface area contributed by atoms with Crippen molar-refractivity contribution in [3.8, 4) is 0 Å². The summed E-state index contributed by atoms with van der Waals surface area (Å²) in [7, 11) is 0. The average molecular weight is 301 g/mol. The van der Waals surface area contributed by atoms with Crippen LogP contribution in [0.2, 0.25) is 0 Å². The summed E-state index contributed by atoms with van der Waals surface area (Å²) >= 11 is 0. The van der Waals surface area contributed by atoms with Crippen molar-refractivity contribution in [1.29, 1.82) is 0 Å². The summed E-state index contributed by atoms with van der Waals surface area (Å²) in [6, 6.07) is 8.97. The summed E-state index contributed by atoms with van der Waals surface area (Å²) in [6.45, 7) is 11.3. The lowest BCUT2D eigenvalue weighted by atomic mass is 9.89. The first-order chi connectivity index (χ1) is 10.2. The van der Waals surface area contributed by atoms with E-state index in [2.05, 4.69) is 6.58 Å². The molecule has 0 unspecified atom stereocenters. The summed E-state index contributed by atoms with van der Waals surface area (Å²) in [4.78, 5) is 27.0. The molecular weight excluding hydrogens is 278 g/mol. The number of ether oxygens (including phenoxy) is 1. The van der Waals surface area contributed by atoms with Gasteiger partial charge in [-0.3, -0.25) is 9.69 Å². The summed E-state index contributed by atoms with van der Waals surface area (Å²) < 4.78 is 5.57. The zero-order valence-corrected chi connectivity index (χ0v) is 13.6. The molecule has 118 valence electrons. The third-order valence-corrected chi connectivity index (χ3v) is 3.95. The molecule has 0 N–H and O–H groups in total. The molecule has 0 aliphatic carbocycles. The second-order valence-electron chi connectivity index (χ2n) is 6.93. The van der Waals surface area contributed by atoms with Crippen molar-refractivity contribution in [2.24, 2.45) is 5.41 Å². The lowest BCUT2D eigenvalue weighted by molar-refractivity contribution is -0.148. The number of cyclic esters (lactones) is 1. The van der Waals surface area contributed by atoms with E-state index in [1.165, 1.54) is 0 Å². The van der Waals surface area contributed by atoms with Gasteiger partial charge in [0.2, 0.25) is 0 Å². The van der Waals surface area contributed by atoms with E-state index in [1.54, 1.807) is 30.0 Å². The zero-order chi connectivity index (χ0) is 16.5. The standard InChI is InChI=1S/C18H23NO3/c1-6-12-18(5)16(21)22-15(17(2,3)4)19(18)14(20)13-10-8-7-9-11-13/h6-11,15H,1,12H2,2-5H3/t15-,18+/m0/s1. The highest BCUT2D eigenvalue weighted by Gasteiger charge is 2.56. The second kappa shape index (κ2) is 5.59. The second-order valence-corrected chi connectivity index (χ2v) is 6.93. The van der Waals surface area contributed by atoms with Crippen LogP contribution >= 0.6 is 0 Å². The Morgan fingerprint density at radius 2 is 1.95 bits per heavy atom. The number of rotatable bonds is 3. The molecule has 0 spiro atoms. The van der Waals surface area contributed by atoms with Crippen molar-refractivity contribution in [2.75, 3.05) is 0 Å². The first-order valence-corrected chi connectivity index (χ1v) is 7.42. The maximum Gasteiger partial charge on any atom is 0.334 e. The van der Waals surface area contributed by atoms with Crippen LogP contribution in [0.4, 0.5) is 0 Å². The van der Waals surface area contributed by atoms with Crippen LogP contribution < -0.4 is 0 Å². The number of carbonyl (C=O) groups is 2. The van der Waals surface area contributed by atoms with E-state index in [0.717, 1.165) is 0 Å². The number of hydrogen-bond donors (Lipinski definition) is 0. The molecule has 1 heterocycles. The monoisotopic (exact) mass is 301 g/mol. The molecule has 1 aliphatic rings. The fraction of sp³-hybridized carbons (Fsp3) is 0.444. The third kappa shape index (κ3) is 2.65. The van der Waals surface area contributed by atoms with Gasteiger partial charge in [-0.05, 0) is 25.5 Å². The predicted molar refractivity (Wildman–Crippen MR) is 85.2 cm³/mol. The van der Waals surface area contributed by atoms with E-state index < -0.39 is 11.8 Å². The molecule has 1 fully saturated rings. The largest absolute Gasteiger partial charge is 0.439 e. The smallest absolute Gasteiger partial charge is 0.334 e. The van der Waals surface area contributed by atoms with E-state index in [4.69, 9.17) is 4.74 Å². The number of amides is 1. The maximum atomic E-state index is 13.0. The first-order valence-electron chi connectivity index (χ1n) is 7.42. The van der Waals surface area contributed by atoms with Crippen LogP contribution in [-0.2, 0) is 9.53 Å². The first kappa shape index (κ1) is 16.3. The lowest BCUT2D eigenvalue weighted by Crippen LogP contribution is -2.54. The van der Waals surface area contributed by atoms with Gasteiger partial charge in [0.25, 0.3) is 5.91 Å². The number of hydrogen-bond acceptors (Lipinski definition) is 3. The van der Waals surface area contributed by atoms with Crippen molar-refractivity contribution in [1.82, 2.24) is 4.90 Å². The van der Waals surface area contributed by atoms with Gasteiger partial charge < -0.3 is 4.74 Å². The number of nitrogens with zero attached hydrogens (tertiary/aromatic N) is 1. The molecular formula is C18H23NO3. The Balaban J connectivity index is 2.50. The van der Waals surface area contributed by atoms with Gasteiger partial charge >= 0.3 is 5.97 Å². The van der Waals surface area contributed by atoms with Crippen LogP contribution in [0.1, 0.15) is 44.5 Å². The van der Waals surface area contributed by atoms with Crippen LogP contribution in [-0.4, -0.2) is 28.5 Å². The minimum Gasteiger partial charge on any atom is -0.439 e. The fourth-order valence-corrected chi connectivity index (χ4v) is 2.72. The molecule has 22 heavy (non-hydrogen) atoms. The van der Waals surface area contributed by atoms with Gasteiger partial charge in [-0.2, -0.15) is 0 Å². The maximum absolute atomic E-state index is 13.0. The van der Waals surface area contributed by atoms with E-state index in [1.807, 2.05) is 39.0 Å². The molecule has 1 aromatic rings. The number of benzene rings is 1. The minimum absolute atomic E-state index is 0.198. The average Bonchev–Trinajstić information content (AvgIpc) is 2.72. The molecule has 0 bridgehead atoms. The Hall–Kier alpha value is -2.10. The van der Waals surface area contributed by atoms with Crippen LogP contribution in [0.5, 0.6) is 0 Å². The highest BCUT2D eigenvalue weighted by molar-refractivity contribution is 5.99. The van der Waals surface area contributed by atoms with Crippen molar-refractivity contribution in [3.63, 3.8) is 0 Å². The molecule has 0 aromatic heterocycles. The number of carbonyl (C=O) groups excluding carboxylic acids is 2. The van der Waals surface area contributed by atoms with Crippen molar-refractivity contribution in [3.05, 3.63) is 48.6 Å². The summed E-state index contributed by atoms with van der Waals surface area (Å²) in [6.07, 6.45) is 1.41. The molecule has 1 aliphatic heterocycles. The topological polar surface area (TPSA) is 46.6 Å². The Kier molecular flexibility index (Phi) is 4.14. The Morgan fingerprint density at radius 3 is 2.45 bits per heavy atom. The van der Waals surface area contributed by atoms with Gasteiger partial charge in [0.1, 0.15) is 5.54 Å². The van der Waals surface area contributed by atoms with Gasteiger partial charge in [0.05, 0.1) is 0 Å². The van der Waals surface area contributed by atoms with Crippen molar-refractivity contribution < 1.29 is 14.3 Å². The van der Waals surface area contributed by atoms with Crippen molar-refractivity contribution >= 4 is 11.9 Å². The lowest BCUT2D eigenvalue weighted by Gasteiger charge is -2.38. The summed E-state index contributed by atoms with van der Waals surface area (Å²) in [5.74, 6) is -0.577. The van der Waals surface area contributed by atoms with Gasteiger partial charge in [0, 0.05) is 11.0 Å². The normalized spacial score (nSPS) is 25.0. The molecule has 1 aromatic carbocycles. The Labute approximate surface area is 131 Å². The Bertz CT molecular complexity index is 588. The number of esters is 1. The van der Waals surface area contributed by atoms with Gasteiger partial charge in [-0.1, -0.05) is 45.0 Å². The van der Waals surface area contributed by atoms with Crippen LogP contribution in [0, 0.1) is 5.41 Å².